The Morgan fingerprint density at radius 3 is 2.50 bits per heavy atom. The van der Waals surface area contributed by atoms with E-state index in [1.54, 1.807) is 0 Å². The summed E-state index contributed by atoms with van der Waals surface area (Å²) in [6.07, 6.45) is 3.55. The van der Waals surface area contributed by atoms with Crippen molar-refractivity contribution in [2.24, 2.45) is 5.73 Å². The largest absolute Gasteiger partial charge is 0.350 e. The highest BCUT2D eigenvalue weighted by atomic mass is 16.1. The summed E-state index contributed by atoms with van der Waals surface area (Å²) >= 11 is 0. The summed E-state index contributed by atoms with van der Waals surface area (Å²) in [6, 6.07) is 8.34. The molecule has 0 aliphatic carbocycles. The standard InChI is InChI=1S/C15H24N2O/c1-12-7-9-14(10-8-12)13(2)17-15(18)6-4-3-5-11-16/h7-10,13H,3-6,11,16H2,1-2H3,(H,17,18)/t13-/m1/s1. The van der Waals surface area contributed by atoms with Crippen LogP contribution in [0.25, 0.3) is 0 Å². The topological polar surface area (TPSA) is 55.1 Å². The molecule has 0 bridgehead atoms. The number of unbranched alkanes of at least 4 members (excludes halogenated alkanes) is 2. The monoisotopic (exact) mass is 248 g/mol. The van der Waals surface area contributed by atoms with Crippen molar-refractivity contribution in [3.63, 3.8) is 0 Å². The second kappa shape index (κ2) is 7.88. The first-order valence-electron chi connectivity index (χ1n) is 6.69. The second-order valence-corrected chi connectivity index (χ2v) is 4.80. The molecule has 0 saturated carbocycles. The van der Waals surface area contributed by atoms with Crippen molar-refractivity contribution < 1.29 is 4.79 Å². The normalized spacial score (nSPS) is 12.2. The number of carbonyl (C=O) groups excluding carboxylic acids is 1. The Morgan fingerprint density at radius 2 is 1.89 bits per heavy atom. The SMILES string of the molecule is Cc1ccc([C@@H](C)NC(=O)CCCCCN)cc1. The van der Waals surface area contributed by atoms with Crippen molar-refractivity contribution in [3.05, 3.63) is 35.4 Å². The molecule has 0 fully saturated rings. The molecule has 100 valence electrons. The molecule has 0 aliphatic heterocycles. The minimum Gasteiger partial charge on any atom is -0.350 e. The number of benzene rings is 1. The number of hydrogen-bond donors (Lipinski definition) is 2. The van der Waals surface area contributed by atoms with Gasteiger partial charge in [-0.3, -0.25) is 4.79 Å². The van der Waals surface area contributed by atoms with Gasteiger partial charge in [0.2, 0.25) is 5.91 Å². The number of nitrogens with one attached hydrogen (secondary N) is 1. The van der Waals surface area contributed by atoms with Crippen LogP contribution in [0.1, 0.15) is 49.8 Å². The van der Waals surface area contributed by atoms with E-state index in [0.29, 0.717) is 13.0 Å². The van der Waals surface area contributed by atoms with E-state index in [4.69, 9.17) is 5.73 Å². The van der Waals surface area contributed by atoms with Crippen LogP contribution in [0, 0.1) is 6.92 Å². The smallest absolute Gasteiger partial charge is 0.220 e. The van der Waals surface area contributed by atoms with Crippen LogP contribution in [0.4, 0.5) is 0 Å². The highest BCUT2D eigenvalue weighted by Crippen LogP contribution is 2.13. The van der Waals surface area contributed by atoms with E-state index in [1.807, 2.05) is 6.92 Å². The maximum absolute atomic E-state index is 11.7. The van der Waals surface area contributed by atoms with Crippen LogP contribution < -0.4 is 11.1 Å². The van der Waals surface area contributed by atoms with E-state index in [0.717, 1.165) is 24.8 Å². The molecule has 0 aliphatic rings. The Hall–Kier alpha value is -1.35. The lowest BCUT2D eigenvalue weighted by molar-refractivity contribution is -0.121. The van der Waals surface area contributed by atoms with Crippen LogP contribution >= 0.6 is 0 Å². The predicted octanol–water partition coefficient (Wildman–Crippen LogP) is 2.69. The van der Waals surface area contributed by atoms with E-state index in [1.165, 1.54) is 5.56 Å². The Labute approximate surface area is 110 Å². The summed E-state index contributed by atoms with van der Waals surface area (Å²) in [5, 5.41) is 3.02. The van der Waals surface area contributed by atoms with Gasteiger partial charge in [-0.2, -0.15) is 0 Å². The first-order chi connectivity index (χ1) is 8.63. The van der Waals surface area contributed by atoms with E-state index < -0.39 is 0 Å². The molecule has 3 N–H and O–H groups in total. The number of amides is 1. The van der Waals surface area contributed by atoms with Gasteiger partial charge in [0.1, 0.15) is 0 Å². The van der Waals surface area contributed by atoms with Crippen molar-refractivity contribution in [3.8, 4) is 0 Å². The molecule has 18 heavy (non-hydrogen) atoms. The third-order valence-electron chi connectivity index (χ3n) is 3.06. The summed E-state index contributed by atoms with van der Waals surface area (Å²) in [4.78, 5) is 11.7. The minimum atomic E-state index is 0.0765. The molecule has 1 aromatic rings. The van der Waals surface area contributed by atoms with Crippen LogP contribution in [0.5, 0.6) is 0 Å². The summed E-state index contributed by atoms with van der Waals surface area (Å²) in [5.74, 6) is 0.125. The quantitative estimate of drug-likeness (QED) is 0.729. The van der Waals surface area contributed by atoms with Crippen molar-refractivity contribution >= 4 is 5.91 Å². The van der Waals surface area contributed by atoms with Crippen LogP contribution in [0.15, 0.2) is 24.3 Å². The summed E-state index contributed by atoms with van der Waals surface area (Å²) in [7, 11) is 0. The minimum absolute atomic E-state index is 0.0765. The van der Waals surface area contributed by atoms with Gasteiger partial charge in [0.05, 0.1) is 6.04 Å². The van der Waals surface area contributed by atoms with Gasteiger partial charge in [0, 0.05) is 6.42 Å². The number of aryl methyl sites for hydroxylation is 1. The Bertz CT molecular complexity index is 359. The van der Waals surface area contributed by atoms with Gasteiger partial charge in [-0.1, -0.05) is 36.2 Å². The number of carbonyl (C=O) groups is 1. The molecule has 1 amide bonds. The molecular formula is C15H24N2O. The third kappa shape index (κ3) is 5.32. The highest BCUT2D eigenvalue weighted by molar-refractivity contribution is 5.76. The molecule has 0 heterocycles. The van der Waals surface area contributed by atoms with Gasteiger partial charge >= 0.3 is 0 Å². The molecule has 1 atom stereocenters. The number of nitrogens with two attached hydrogens (primary N) is 1. The van der Waals surface area contributed by atoms with Crippen molar-refractivity contribution in [1.29, 1.82) is 0 Å². The maximum Gasteiger partial charge on any atom is 0.220 e. The van der Waals surface area contributed by atoms with Crippen molar-refractivity contribution in [2.75, 3.05) is 6.54 Å². The average molecular weight is 248 g/mol. The molecule has 0 aromatic heterocycles. The Morgan fingerprint density at radius 1 is 1.22 bits per heavy atom. The fraction of sp³-hybridized carbons (Fsp3) is 0.533. The zero-order valence-electron chi connectivity index (χ0n) is 11.4. The van der Waals surface area contributed by atoms with Gasteiger partial charge in [0.25, 0.3) is 0 Å². The van der Waals surface area contributed by atoms with Crippen molar-refractivity contribution in [1.82, 2.24) is 5.32 Å². The first-order valence-corrected chi connectivity index (χ1v) is 6.69. The third-order valence-corrected chi connectivity index (χ3v) is 3.06. The van der Waals surface area contributed by atoms with Crippen LogP contribution in [0.3, 0.4) is 0 Å². The molecule has 0 saturated heterocycles. The van der Waals surface area contributed by atoms with Gasteiger partial charge in [-0.25, -0.2) is 0 Å². The fourth-order valence-electron chi connectivity index (χ4n) is 1.86. The first kappa shape index (κ1) is 14.7. The highest BCUT2D eigenvalue weighted by Gasteiger charge is 2.08. The molecule has 3 heteroatoms. The van der Waals surface area contributed by atoms with E-state index in [2.05, 4.69) is 36.5 Å². The molecule has 0 unspecified atom stereocenters. The molecule has 1 aromatic carbocycles. The predicted molar refractivity (Wildman–Crippen MR) is 75.3 cm³/mol. The lowest BCUT2D eigenvalue weighted by atomic mass is 10.1. The fourth-order valence-corrected chi connectivity index (χ4v) is 1.86. The second-order valence-electron chi connectivity index (χ2n) is 4.80. The van der Waals surface area contributed by atoms with Gasteiger partial charge in [-0.05, 0) is 38.8 Å². The molecule has 0 spiro atoms. The molecule has 3 nitrogen and oxygen atoms in total. The summed E-state index contributed by atoms with van der Waals surface area (Å²) < 4.78 is 0. The van der Waals surface area contributed by atoms with Gasteiger partial charge in [0.15, 0.2) is 0 Å². The number of rotatable bonds is 7. The van der Waals surface area contributed by atoms with Gasteiger partial charge in [-0.15, -0.1) is 0 Å². The number of hydrogen-bond acceptors (Lipinski definition) is 2. The molecule has 1 rings (SSSR count). The zero-order chi connectivity index (χ0) is 13.4. The maximum atomic E-state index is 11.7. The van der Waals surface area contributed by atoms with Crippen LogP contribution in [-0.2, 0) is 4.79 Å². The van der Waals surface area contributed by atoms with E-state index in [9.17, 15) is 4.79 Å². The van der Waals surface area contributed by atoms with Crippen LogP contribution in [0.2, 0.25) is 0 Å². The van der Waals surface area contributed by atoms with Crippen LogP contribution in [-0.4, -0.2) is 12.5 Å². The zero-order valence-corrected chi connectivity index (χ0v) is 11.4. The average Bonchev–Trinajstić information content (AvgIpc) is 2.35. The Kier molecular flexibility index (Phi) is 6.44. The molecule has 0 radical (unpaired) electrons. The Balaban J connectivity index is 2.33. The summed E-state index contributed by atoms with van der Waals surface area (Å²) in [5.41, 5.74) is 7.80. The van der Waals surface area contributed by atoms with Crippen molar-refractivity contribution in [2.45, 2.75) is 45.6 Å². The lowest BCUT2D eigenvalue weighted by Crippen LogP contribution is -2.26. The van der Waals surface area contributed by atoms with Gasteiger partial charge < -0.3 is 11.1 Å². The molecular weight excluding hydrogens is 224 g/mol. The van der Waals surface area contributed by atoms with E-state index in [-0.39, 0.29) is 11.9 Å². The lowest BCUT2D eigenvalue weighted by Gasteiger charge is -2.14. The summed E-state index contributed by atoms with van der Waals surface area (Å²) in [6.45, 7) is 4.79. The van der Waals surface area contributed by atoms with E-state index >= 15 is 0 Å².